The van der Waals surface area contributed by atoms with Crippen LogP contribution in [0.3, 0.4) is 0 Å². The Kier molecular flexibility index (Phi) is 5.83. The number of rotatable bonds is 5. The van der Waals surface area contributed by atoms with Crippen LogP contribution in [0.4, 0.5) is 0 Å². The first-order valence-corrected chi connectivity index (χ1v) is 8.49. The van der Waals surface area contributed by atoms with Crippen molar-refractivity contribution in [1.29, 1.82) is 0 Å². The van der Waals surface area contributed by atoms with Gasteiger partial charge in [0.05, 0.1) is 0 Å². The summed E-state index contributed by atoms with van der Waals surface area (Å²) in [5, 5.41) is 2.01. The standard InChI is InChI=1S/C10H26BN2O3P/c1-6-9-7-13(8-10(11)15-9)16-17(5,14-4)12(2)3/h9-10,17H,6-8,11H2,1-5H3/t9?,10-/m1/s1. The molecule has 0 saturated carbocycles. The second-order valence-electron chi connectivity index (χ2n) is 4.91. The number of hydroxylamine groups is 2. The Morgan fingerprint density at radius 2 is 2.12 bits per heavy atom. The third kappa shape index (κ3) is 4.16. The summed E-state index contributed by atoms with van der Waals surface area (Å²) in [5.41, 5.74) is 0. The third-order valence-electron chi connectivity index (χ3n) is 3.24. The Bertz CT molecular complexity index is 248. The molecule has 102 valence electrons. The van der Waals surface area contributed by atoms with Crippen LogP contribution >= 0.6 is 7.87 Å². The molecule has 0 N–H and O–H groups in total. The second kappa shape index (κ2) is 6.46. The van der Waals surface area contributed by atoms with E-state index in [-0.39, 0.29) is 12.1 Å². The average Bonchev–Trinajstić information content (AvgIpc) is 2.27. The molecule has 0 radical (unpaired) electrons. The van der Waals surface area contributed by atoms with Crippen molar-refractivity contribution in [2.45, 2.75) is 25.5 Å². The van der Waals surface area contributed by atoms with Crippen molar-refractivity contribution >= 4 is 15.7 Å². The fraction of sp³-hybridized carbons (Fsp3) is 1.00. The van der Waals surface area contributed by atoms with E-state index in [2.05, 4.69) is 14.8 Å². The van der Waals surface area contributed by atoms with Gasteiger partial charge in [-0.3, -0.25) is 0 Å². The average molecular weight is 264 g/mol. The van der Waals surface area contributed by atoms with E-state index in [4.69, 9.17) is 13.9 Å². The van der Waals surface area contributed by atoms with Gasteiger partial charge in [0.2, 0.25) is 0 Å². The number of morpholine rings is 1. The minimum atomic E-state index is -2.26. The number of ether oxygens (including phenoxy) is 1. The molecule has 1 aliphatic heterocycles. The van der Waals surface area contributed by atoms with Crippen LogP contribution < -0.4 is 0 Å². The zero-order valence-corrected chi connectivity index (χ0v) is 12.9. The summed E-state index contributed by atoms with van der Waals surface area (Å²) in [5.74, 6) is 0. The molecule has 0 amide bonds. The van der Waals surface area contributed by atoms with Gasteiger partial charge in [0.25, 0.3) is 0 Å². The van der Waals surface area contributed by atoms with Crippen molar-refractivity contribution in [3.8, 4) is 0 Å². The molecule has 1 saturated heterocycles. The molecule has 2 atom stereocenters. The van der Waals surface area contributed by atoms with Crippen molar-refractivity contribution in [3.05, 3.63) is 0 Å². The van der Waals surface area contributed by atoms with Crippen LogP contribution in [0, 0.1) is 0 Å². The first-order valence-electron chi connectivity index (χ1n) is 6.23. The Balaban J connectivity index is 2.60. The van der Waals surface area contributed by atoms with Crippen molar-refractivity contribution in [3.63, 3.8) is 0 Å². The SMILES string of the molecule is B[C@H]1CN(O[PH](C)(OC)N(C)C)CC(CC)O1. The first kappa shape index (κ1) is 15.4. The second-order valence-corrected chi connectivity index (χ2v) is 8.19. The molecule has 1 unspecified atom stereocenters. The van der Waals surface area contributed by atoms with E-state index in [1.165, 1.54) is 0 Å². The third-order valence-corrected chi connectivity index (χ3v) is 6.22. The fourth-order valence-corrected chi connectivity index (χ4v) is 3.08. The van der Waals surface area contributed by atoms with E-state index in [1.54, 1.807) is 7.11 Å². The Hall–Kier alpha value is 0.295. The molecule has 1 aliphatic rings. The van der Waals surface area contributed by atoms with Gasteiger partial charge >= 0.3 is 106 Å². The van der Waals surface area contributed by atoms with Crippen molar-refractivity contribution in [2.75, 3.05) is 41.0 Å². The van der Waals surface area contributed by atoms with Crippen LogP contribution in [0.15, 0.2) is 0 Å². The molecule has 0 aromatic heterocycles. The molecular formula is C10H26BN2O3P. The van der Waals surface area contributed by atoms with Crippen LogP contribution in [-0.4, -0.2) is 70.6 Å². The quantitative estimate of drug-likeness (QED) is 0.527. The molecule has 0 bridgehead atoms. The zero-order chi connectivity index (χ0) is 13.1. The van der Waals surface area contributed by atoms with Gasteiger partial charge in [-0.2, -0.15) is 0 Å². The Morgan fingerprint density at radius 1 is 1.47 bits per heavy atom. The summed E-state index contributed by atoms with van der Waals surface area (Å²) in [4.78, 5) is 0. The summed E-state index contributed by atoms with van der Waals surface area (Å²) >= 11 is 0. The van der Waals surface area contributed by atoms with Crippen molar-refractivity contribution in [2.24, 2.45) is 0 Å². The predicted molar refractivity (Wildman–Crippen MR) is 75.1 cm³/mol. The monoisotopic (exact) mass is 264 g/mol. The molecule has 5 nitrogen and oxygen atoms in total. The van der Waals surface area contributed by atoms with Gasteiger partial charge in [-0.25, -0.2) is 0 Å². The predicted octanol–water partition coefficient (Wildman–Crippen LogP) is 0.321. The molecule has 0 aliphatic carbocycles. The normalized spacial score (nSPS) is 28.6. The fourth-order valence-electron chi connectivity index (χ4n) is 1.84. The Morgan fingerprint density at radius 3 is 2.59 bits per heavy atom. The molecule has 0 spiro atoms. The van der Waals surface area contributed by atoms with Crippen molar-refractivity contribution in [1.82, 2.24) is 9.73 Å². The van der Waals surface area contributed by atoms with E-state index < -0.39 is 7.87 Å². The summed E-state index contributed by atoms with van der Waals surface area (Å²) in [6.07, 6.45) is 1.27. The minimum absolute atomic E-state index is 0.214. The molecule has 17 heavy (non-hydrogen) atoms. The van der Waals surface area contributed by atoms with Gasteiger partial charge < -0.3 is 0 Å². The molecule has 1 fully saturated rings. The van der Waals surface area contributed by atoms with E-state index in [9.17, 15) is 0 Å². The van der Waals surface area contributed by atoms with Crippen LogP contribution in [0.25, 0.3) is 0 Å². The molecule has 0 aromatic rings. The van der Waals surface area contributed by atoms with Gasteiger partial charge in [-0.1, -0.05) is 0 Å². The van der Waals surface area contributed by atoms with Gasteiger partial charge in [-0.05, 0) is 0 Å². The zero-order valence-electron chi connectivity index (χ0n) is 11.9. The summed E-state index contributed by atoms with van der Waals surface area (Å²) in [6, 6.07) is 0.214. The van der Waals surface area contributed by atoms with Gasteiger partial charge in [-0.15, -0.1) is 0 Å². The van der Waals surface area contributed by atoms with Crippen LogP contribution in [-0.2, 0) is 13.9 Å². The maximum absolute atomic E-state index is 6.09. The van der Waals surface area contributed by atoms with Crippen LogP contribution in [0.1, 0.15) is 13.3 Å². The maximum atomic E-state index is 6.09. The summed E-state index contributed by atoms with van der Waals surface area (Å²) < 4.78 is 19.5. The van der Waals surface area contributed by atoms with E-state index >= 15 is 0 Å². The first-order chi connectivity index (χ1) is 7.91. The van der Waals surface area contributed by atoms with Gasteiger partial charge in [0.1, 0.15) is 0 Å². The molecule has 1 rings (SSSR count). The van der Waals surface area contributed by atoms with Crippen molar-refractivity contribution < 1.29 is 13.9 Å². The molecule has 7 heteroatoms. The molecule has 1 heterocycles. The van der Waals surface area contributed by atoms with Crippen LogP contribution in [0.2, 0.25) is 0 Å². The number of hydrogen-bond donors (Lipinski definition) is 0. The molecular weight excluding hydrogens is 238 g/mol. The summed E-state index contributed by atoms with van der Waals surface area (Å²) in [7, 11) is 5.54. The number of hydrogen-bond acceptors (Lipinski definition) is 5. The van der Waals surface area contributed by atoms with E-state index in [1.807, 2.05) is 30.5 Å². The summed E-state index contributed by atoms with van der Waals surface area (Å²) in [6.45, 7) is 5.81. The van der Waals surface area contributed by atoms with Gasteiger partial charge in [0.15, 0.2) is 0 Å². The molecule has 0 aromatic carbocycles. The number of nitrogens with zero attached hydrogens (tertiary/aromatic N) is 2. The van der Waals surface area contributed by atoms with Crippen LogP contribution in [0.5, 0.6) is 0 Å². The Labute approximate surface area is 106 Å². The van der Waals surface area contributed by atoms with E-state index in [0.29, 0.717) is 0 Å². The van der Waals surface area contributed by atoms with Gasteiger partial charge in [0, 0.05) is 0 Å². The van der Waals surface area contributed by atoms with E-state index in [0.717, 1.165) is 19.5 Å². The topological polar surface area (TPSA) is 34.2 Å².